The van der Waals surface area contributed by atoms with Gasteiger partial charge in [-0.05, 0) is 32.6 Å². The molecule has 0 radical (unpaired) electrons. The molecule has 0 aliphatic heterocycles. The second-order valence-electron chi connectivity index (χ2n) is 3.70. The van der Waals surface area contributed by atoms with Gasteiger partial charge in [-0.25, -0.2) is 0 Å². The Morgan fingerprint density at radius 3 is 2.75 bits per heavy atom. The molecule has 0 bridgehead atoms. The van der Waals surface area contributed by atoms with Crippen LogP contribution in [0.25, 0.3) is 0 Å². The van der Waals surface area contributed by atoms with Crippen molar-refractivity contribution in [1.29, 1.82) is 0 Å². The Bertz CT molecular complexity index is 228. The number of hydrogen-bond donors (Lipinski definition) is 0. The van der Waals surface area contributed by atoms with Gasteiger partial charge < -0.3 is 0 Å². The molecule has 0 fully saturated rings. The molecule has 1 aliphatic rings. The van der Waals surface area contributed by atoms with Crippen LogP contribution in [-0.4, -0.2) is 0 Å². The highest BCUT2D eigenvalue weighted by Gasteiger charge is 2.02. The summed E-state index contributed by atoms with van der Waals surface area (Å²) < 4.78 is 0. The van der Waals surface area contributed by atoms with Crippen molar-refractivity contribution in [3.63, 3.8) is 0 Å². The Balaban J connectivity index is 2.81. The van der Waals surface area contributed by atoms with Gasteiger partial charge in [-0.3, -0.25) is 0 Å². The molecule has 12 heavy (non-hydrogen) atoms. The van der Waals surface area contributed by atoms with E-state index >= 15 is 0 Å². The third-order valence-corrected chi connectivity index (χ3v) is 2.53. The lowest BCUT2D eigenvalue weighted by Crippen LogP contribution is -1.94. The SMILES string of the molecule is CC1=C/C=C(\C)C(C)CC\C=C\1. The number of hydrogen-bond acceptors (Lipinski definition) is 0. The lowest BCUT2D eigenvalue weighted by molar-refractivity contribution is 0.622. The molecule has 0 nitrogen and oxygen atoms in total. The standard InChI is InChI=1S/C12H18/c1-10-6-4-5-7-11(2)12(3)9-8-10/h4,6,8-9,11H,5,7H2,1-3H3/b6-4+,10-8-,12-9+. The van der Waals surface area contributed by atoms with Gasteiger partial charge in [0.1, 0.15) is 0 Å². The lowest BCUT2D eigenvalue weighted by Gasteiger charge is -2.08. The maximum Gasteiger partial charge on any atom is -0.0228 e. The van der Waals surface area contributed by atoms with Crippen LogP contribution >= 0.6 is 0 Å². The van der Waals surface area contributed by atoms with Crippen LogP contribution in [0.4, 0.5) is 0 Å². The van der Waals surface area contributed by atoms with E-state index in [1.165, 1.54) is 24.0 Å². The molecule has 0 saturated carbocycles. The first-order valence-electron chi connectivity index (χ1n) is 4.72. The van der Waals surface area contributed by atoms with E-state index in [4.69, 9.17) is 0 Å². The summed E-state index contributed by atoms with van der Waals surface area (Å²) in [6, 6.07) is 0. The van der Waals surface area contributed by atoms with Crippen LogP contribution in [0.5, 0.6) is 0 Å². The van der Waals surface area contributed by atoms with Crippen molar-refractivity contribution in [3.8, 4) is 0 Å². The third-order valence-electron chi connectivity index (χ3n) is 2.53. The smallest absolute Gasteiger partial charge is 0.0228 e. The van der Waals surface area contributed by atoms with Gasteiger partial charge in [0.05, 0.1) is 0 Å². The fourth-order valence-electron chi connectivity index (χ4n) is 1.33. The van der Waals surface area contributed by atoms with Crippen LogP contribution in [0.15, 0.2) is 35.5 Å². The van der Waals surface area contributed by atoms with E-state index in [0.717, 1.165) is 5.92 Å². The summed E-state index contributed by atoms with van der Waals surface area (Å²) in [5.41, 5.74) is 2.85. The zero-order valence-corrected chi connectivity index (χ0v) is 8.30. The zero-order chi connectivity index (χ0) is 8.97. The van der Waals surface area contributed by atoms with E-state index in [9.17, 15) is 0 Å². The molecule has 0 N–H and O–H groups in total. The maximum absolute atomic E-state index is 2.30. The van der Waals surface area contributed by atoms with Crippen LogP contribution < -0.4 is 0 Å². The van der Waals surface area contributed by atoms with Crippen molar-refractivity contribution in [2.45, 2.75) is 33.6 Å². The highest BCUT2D eigenvalue weighted by Crippen LogP contribution is 2.18. The van der Waals surface area contributed by atoms with Crippen LogP contribution in [0.1, 0.15) is 33.6 Å². The molecule has 0 heterocycles. The van der Waals surface area contributed by atoms with E-state index in [0.29, 0.717) is 0 Å². The molecule has 0 saturated heterocycles. The summed E-state index contributed by atoms with van der Waals surface area (Å²) in [6.07, 6.45) is 11.4. The molecule has 1 rings (SSSR count). The van der Waals surface area contributed by atoms with Gasteiger partial charge in [0, 0.05) is 0 Å². The first kappa shape index (κ1) is 9.31. The van der Waals surface area contributed by atoms with Gasteiger partial charge in [-0.15, -0.1) is 0 Å². The zero-order valence-electron chi connectivity index (χ0n) is 8.30. The lowest BCUT2D eigenvalue weighted by atomic mass is 9.97. The van der Waals surface area contributed by atoms with Gasteiger partial charge >= 0.3 is 0 Å². The fourth-order valence-corrected chi connectivity index (χ4v) is 1.33. The molecule has 1 unspecified atom stereocenters. The Morgan fingerprint density at radius 2 is 2.00 bits per heavy atom. The largest absolute Gasteiger partial charge is 0.0843 e. The molecule has 1 aliphatic carbocycles. The van der Waals surface area contributed by atoms with Crippen molar-refractivity contribution < 1.29 is 0 Å². The Kier molecular flexibility index (Phi) is 3.33. The van der Waals surface area contributed by atoms with Gasteiger partial charge in [0.25, 0.3) is 0 Å². The van der Waals surface area contributed by atoms with E-state index in [1.54, 1.807) is 0 Å². The molecule has 0 amide bonds. The quantitative estimate of drug-likeness (QED) is 0.507. The second kappa shape index (κ2) is 4.30. The van der Waals surface area contributed by atoms with Crippen LogP contribution in [0, 0.1) is 5.92 Å². The van der Waals surface area contributed by atoms with E-state index in [-0.39, 0.29) is 0 Å². The van der Waals surface area contributed by atoms with Crippen molar-refractivity contribution in [1.82, 2.24) is 0 Å². The predicted molar refractivity (Wildman–Crippen MR) is 55.1 cm³/mol. The average Bonchev–Trinajstić information content (AvgIpc) is 2.11. The summed E-state index contributed by atoms with van der Waals surface area (Å²) in [7, 11) is 0. The molecule has 0 heteroatoms. The summed E-state index contributed by atoms with van der Waals surface area (Å²) in [5, 5.41) is 0. The van der Waals surface area contributed by atoms with E-state index < -0.39 is 0 Å². The molecule has 0 aromatic heterocycles. The molecule has 0 aromatic rings. The van der Waals surface area contributed by atoms with Crippen LogP contribution in [0.2, 0.25) is 0 Å². The average molecular weight is 162 g/mol. The molecule has 0 spiro atoms. The normalized spacial score (nSPS) is 36.4. The summed E-state index contributed by atoms with van der Waals surface area (Å²) in [6.45, 7) is 6.67. The minimum Gasteiger partial charge on any atom is -0.0843 e. The van der Waals surface area contributed by atoms with Gasteiger partial charge in [0.2, 0.25) is 0 Å². The molecular weight excluding hydrogens is 144 g/mol. The number of rotatable bonds is 0. The minimum absolute atomic E-state index is 0.733. The van der Waals surface area contributed by atoms with Crippen molar-refractivity contribution in [2.24, 2.45) is 5.92 Å². The first-order valence-corrected chi connectivity index (χ1v) is 4.72. The minimum atomic E-state index is 0.733. The first-order chi connectivity index (χ1) is 5.70. The third kappa shape index (κ3) is 2.69. The predicted octanol–water partition coefficient (Wildman–Crippen LogP) is 3.87. The summed E-state index contributed by atoms with van der Waals surface area (Å²) in [4.78, 5) is 0. The van der Waals surface area contributed by atoms with Crippen molar-refractivity contribution in [2.75, 3.05) is 0 Å². The number of allylic oxidation sites excluding steroid dienone is 6. The van der Waals surface area contributed by atoms with E-state index in [1.807, 2.05) is 0 Å². The van der Waals surface area contributed by atoms with Crippen LogP contribution in [-0.2, 0) is 0 Å². The topological polar surface area (TPSA) is 0 Å². The monoisotopic (exact) mass is 162 g/mol. The molecular formula is C12H18. The molecule has 0 aromatic carbocycles. The fraction of sp³-hybridized carbons (Fsp3) is 0.500. The van der Waals surface area contributed by atoms with Crippen molar-refractivity contribution >= 4 is 0 Å². The summed E-state index contributed by atoms with van der Waals surface area (Å²) in [5.74, 6) is 0.733. The highest BCUT2D eigenvalue weighted by molar-refractivity contribution is 5.25. The van der Waals surface area contributed by atoms with Gasteiger partial charge in [-0.1, -0.05) is 42.4 Å². The molecule has 66 valence electrons. The Hall–Kier alpha value is -0.780. The molecule has 1 atom stereocenters. The second-order valence-corrected chi connectivity index (χ2v) is 3.70. The van der Waals surface area contributed by atoms with Crippen LogP contribution in [0.3, 0.4) is 0 Å². The van der Waals surface area contributed by atoms with Crippen molar-refractivity contribution in [3.05, 3.63) is 35.5 Å². The summed E-state index contributed by atoms with van der Waals surface area (Å²) >= 11 is 0. The van der Waals surface area contributed by atoms with Gasteiger partial charge in [0.15, 0.2) is 0 Å². The Morgan fingerprint density at radius 1 is 1.25 bits per heavy atom. The Labute approximate surface area is 75.7 Å². The van der Waals surface area contributed by atoms with Gasteiger partial charge in [-0.2, -0.15) is 0 Å². The van der Waals surface area contributed by atoms with E-state index in [2.05, 4.69) is 45.1 Å². The maximum atomic E-state index is 2.30. The highest BCUT2D eigenvalue weighted by atomic mass is 14.1.